The van der Waals surface area contributed by atoms with Crippen molar-refractivity contribution in [2.75, 3.05) is 12.2 Å². The molecule has 0 saturated carbocycles. The van der Waals surface area contributed by atoms with Crippen LogP contribution in [0.4, 0.5) is 9.52 Å². The molecule has 0 bridgehead atoms. The van der Waals surface area contributed by atoms with Gasteiger partial charge in [0.15, 0.2) is 11.5 Å². The number of nitrogens with zero attached hydrogens (tertiary/aromatic N) is 2. The first-order valence-corrected chi connectivity index (χ1v) is 8.06. The van der Waals surface area contributed by atoms with Crippen molar-refractivity contribution < 1.29 is 13.9 Å². The van der Waals surface area contributed by atoms with Gasteiger partial charge in [-0.2, -0.15) is 5.10 Å². The van der Waals surface area contributed by atoms with E-state index in [1.165, 1.54) is 23.5 Å². The fourth-order valence-corrected chi connectivity index (χ4v) is 2.90. The highest BCUT2D eigenvalue weighted by molar-refractivity contribution is 7.14. The summed E-state index contributed by atoms with van der Waals surface area (Å²) in [6, 6.07) is 11.8. The van der Waals surface area contributed by atoms with Crippen molar-refractivity contribution in [2.24, 2.45) is 5.10 Å². The monoisotopic (exact) mass is 341 g/mol. The van der Waals surface area contributed by atoms with Crippen LogP contribution in [-0.4, -0.2) is 18.0 Å². The smallest absolute Gasteiger partial charge is 0.231 e. The lowest BCUT2D eigenvalue weighted by molar-refractivity contribution is 0.174. The Morgan fingerprint density at radius 2 is 1.96 bits per heavy atom. The number of aromatic nitrogens is 1. The molecule has 5 nitrogen and oxygen atoms in total. The van der Waals surface area contributed by atoms with Gasteiger partial charge in [-0.15, -0.1) is 11.3 Å². The van der Waals surface area contributed by atoms with Gasteiger partial charge in [-0.05, 0) is 48.0 Å². The number of rotatable bonds is 4. The Morgan fingerprint density at radius 1 is 1.12 bits per heavy atom. The second-order valence-corrected chi connectivity index (χ2v) is 5.89. The fraction of sp³-hybridized carbons (Fsp3) is 0.0588. The van der Waals surface area contributed by atoms with Crippen LogP contribution in [0.3, 0.4) is 0 Å². The lowest BCUT2D eigenvalue weighted by Gasteiger charge is -1.98. The molecule has 24 heavy (non-hydrogen) atoms. The van der Waals surface area contributed by atoms with Crippen LogP contribution in [0.25, 0.3) is 11.3 Å². The third-order valence-electron chi connectivity index (χ3n) is 3.41. The summed E-state index contributed by atoms with van der Waals surface area (Å²) in [5.41, 5.74) is 5.42. The standard InChI is InChI=1S/C17H12FN3O2S/c18-13-4-2-12(3-5-13)14-9-24-17(20-14)21-19-8-11-1-6-15-16(7-11)23-10-22-15/h1-9H,10H2,(H,20,21). The molecule has 0 aliphatic carbocycles. The van der Waals surface area contributed by atoms with Crippen LogP contribution in [0.15, 0.2) is 52.9 Å². The van der Waals surface area contributed by atoms with Crippen LogP contribution >= 0.6 is 11.3 Å². The highest BCUT2D eigenvalue weighted by Gasteiger charge is 2.12. The molecular formula is C17H12FN3O2S. The van der Waals surface area contributed by atoms with Gasteiger partial charge in [0.25, 0.3) is 0 Å². The molecule has 120 valence electrons. The summed E-state index contributed by atoms with van der Waals surface area (Å²) in [7, 11) is 0. The third-order valence-corrected chi connectivity index (χ3v) is 4.16. The second kappa shape index (κ2) is 6.29. The predicted molar refractivity (Wildman–Crippen MR) is 91.3 cm³/mol. The lowest BCUT2D eigenvalue weighted by Crippen LogP contribution is -1.93. The van der Waals surface area contributed by atoms with Crippen molar-refractivity contribution in [1.82, 2.24) is 4.98 Å². The van der Waals surface area contributed by atoms with E-state index in [1.54, 1.807) is 18.3 Å². The van der Waals surface area contributed by atoms with Gasteiger partial charge in [-0.3, -0.25) is 5.43 Å². The molecule has 1 aliphatic heterocycles. The fourth-order valence-electron chi connectivity index (χ4n) is 2.23. The van der Waals surface area contributed by atoms with E-state index in [0.29, 0.717) is 10.9 Å². The van der Waals surface area contributed by atoms with Gasteiger partial charge in [0.1, 0.15) is 5.82 Å². The number of anilines is 1. The maximum atomic E-state index is 13.0. The van der Waals surface area contributed by atoms with Gasteiger partial charge in [0, 0.05) is 10.9 Å². The first-order chi connectivity index (χ1) is 11.8. The molecule has 0 radical (unpaired) electrons. The van der Waals surface area contributed by atoms with E-state index in [2.05, 4.69) is 15.5 Å². The molecule has 0 fully saturated rings. The Kier molecular flexibility index (Phi) is 3.84. The van der Waals surface area contributed by atoms with E-state index >= 15 is 0 Å². The zero-order chi connectivity index (χ0) is 16.4. The van der Waals surface area contributed by atoms with Crippen LogP contribution in [0.2, 0.25) is 0 Å². The summed E-state index contributed by atoms with van der Waals surface area (Å²) < 4.78 is 23.5. The Hall–Kier alpha value is -2.93. The molecule has 1 aromatic heterocycles. The summed E-state index contributed by atoms with van der Waals surface area (Å²) in [6.07, 6.45) is 1.68. The molecule has 0 atom stereocenters. The van der Waals surface area contributed by atoms with Crippen molar-refractivity contribution in [2.45, 2.75) is 0 Å². The maximum absolute atomic E-state index is 13.0. The Labute approximate surface area is 141 Å². The number of ether oxygens (including phenoxy) is 2. The normalized spacial score (nSPS) is 12.7. The molecule has 1 N–H and O–H groups in total. The second-order valence-electron chi connectivity index (χ2n) is 5.03. The lowest BCUT2D eigenvalue weighted by atomic mass is 10.2. The minimum absolute atomic E-state index is 0.249. The van der Waals surface area contributed by atoms with Crippen molar-refractivity contribution >= 4 is 22.7 Å². The number of nitrogens with one attached hydrogen (secondary N) is 1. The molecule has 0 unspecified atom stereocenters. The Balaban J connectivity index is 1.43. The third kappa shape index (κ3) is 3.07. The van der Waals surface area contributed by atoms with E-state index in [1.807, 2.05) is 23.6 Å². The highest BCUT2D eigenvalue weighted by Crippen LogP contribution is 2.32. The van der Waals surface area contributed by atoms with Crippen LogP contribution in [-0.2, 0) is 0 Å². The molecule has 0 spiro atoms. The minimum atomic E-state index is -0.263. The average Bonchev–Trinajstić information content (AvgIpc) is 3.24. The number of halogens is 1. The van der Waals surface area contributed by atoms with Gasteiger partial charge >= 0.3 is 0 Å². The quantitative estimate of drug-likeness (QED) is 0.573. The molecule has 2 heterocycles. The number of hydrogen-bond acceptors (Lipinski definition) is 6. The van der Waals surface area contributed by atoms with Crippen molar-refractivity contribution in [3.05, 3.63) is 59.2 Å². The van der Waals surface area contributed by atoms with E-state index in [-0.39, 0.29) is 12.6 Å². The molecule has 3 aromatic rings. The van der Waals surface area contributed by atoms with Crippen molar-refractivity contribution in [3.63, 3.8) is 0 Å². The summed E-state index contributed by atoms with van der Waals surface area (Å²) in [6.45, 7) is 0.249. The van der Waals surface area contributed by atoms with Gasteiger partial charge in [-0.25, -0.2) is 9.37 Å². The summed E-state index contributed by atoms with van der Waals surface area (Å²) in [4.78, 5) is 4.43. The molecule has 0 amide bonds. The van der Waals surface area contributed by atoms with Crippen LogP contribution < -0.4 is 14.9 Å². The van der Waals surface area contributed by atoms with Crippen LogP contribution in [0.5, 0.6) is 11.5 Å². The van der Waals surface area contributed by atoms with Gasteiger partial charge in [-0.1, -0.05) is 0 Å². The van der Waals surface area contributed by atoms with Crippen LogP contribution in [0.1, 0.15) is 5.56 Å². The summed E-state index contributed by atoms with van der Waals surface area (Å²) >= 11 is 1.43. The van der Waals surface area contributed by atoms with Crippen LogP contribution in [0, 0.1) is 5.82 Å². The van der Waals surface area contributed by atoms with E-state index in [9.17, 15) is 4.39 Å². The molecule has 4 rings (SSSR count). The van der Waals surface area contributed by atoms with Gasteiger partial charge in [0.05, 0.1) is 11.9 Å². The highest BCUT2D eigenvalue weighted by atomic mass is 32.1. The minimum Gasteiger partial charge on any atom is -0.454 e. The van der Waals surface area contributed by atoms with Gasteiger partial charge in [0.2, 0.25) is 11.9 Å². The average molecular weight is 341 g/mol. The Bertz CT molecular complexity index is 893. The molecule has 0 saturated heterocycles. The number of hydrazone groups is 1. The maximum Gasteiger partial charge on any atom is 0.231 e. The number of hydrogen-bond donors (Lipinski definition) is 1. The molecule has 1 aliphatic rings. The number of thiazole rings is 1. The van der Waals surface area contributed by atoms with E-state index in [0.717, 1.165) is 22.6 Å². The summed E-state index contributed by atoms with van der Waals surface area (Å²) in [5, 5.41) is 6.73. The summed E-state index contributed by atoms with van der Waals surface area (Å²) in [5.74, 6) is 1.19. The zero-order valence-corrected chi connectivity index (χ0v) is 13.2. The number of benzene rings is 2. The first-order valence-electron chi connectivity index (χ1n) is 7.18. The van der Waals surface area contributed by atoms with E-state index < -0.39 is 0 Å². The number of fused-ring (bicyclic) bond motifs is 1. The predicted octanol–water partition coefficient (Wildman–Crippen LogP) is 4.12. The molecular weight excluding hydrogens is 329 g/mol. The van der Waals surface area contributed by atoms with E-state index in [4.69, 9.17) is 9.47 Å². The molecule has 2 aromatic carbocycles. The van der Waals surface area contributed by atoms with Gasteiger partial charge < -0.3 is 9.47 Å². The topological polar surface area (TPSA) is 55.7 Å². The largest absolute Gasteiger partial charge is 0.454 e. The molecule has 7 heteroatoms. The van der Waals surface area contributed by atoms with Crippen molar-refractivity contribution in [3.8, 4) is 22.8 Å². The zero-order valence-electron chi connectivity index (χ0n) is 12.4. The Morgan fingerprint density at radius 3 is 2.83 bits per heavy atom. The first kappa shape index (κ1) is 14.6. The SMILES string of the molecule is Fc1ccc(-c2csc(NN=Cc3ccc4c(c3)OCO4)n2)cc1. The van der Waals surface area contributed by atoms with Crippen molar-refractivity contribution in [1.29, 1.82) is 0 Å².